The number of hydrogen-bond donors (Lipinski definition) is 1. The summed E-state index contributed by atoms with van der Waals surface area (Å²) in [5, 5.41) is 6.80. The Bertz CT molecular complexity index is 750. The van der Waals surface area contributed by atoms with Gasteiger partial charge in [-0.2, -0.15) is 5.10 Å². The zero-order valence-electron chi connectivity index (χ0n) is 11.4. The van der Waals surface area contributed by atoms with Crippen LogP contribution in [0.25, 0.3) is 5.69 Å². The van der Waals surface area contributed by atoms with Gasteiger partial charge in [0.25, 0.3) is 5.91 Å². The number of carbonyl (C=O) groups excluding carboxylic acids is 1. The minimum Gasteiger partial charge on any atom is -0.307 e. The van der Waals surface area contributed by atoms with Crippen LogP contribution in [0.3, 0.4) is 0 Å². The minimum atomic E-state index is -0.196. The molecule has 0 fully saturated rings. The Labute approximate surface area is 121 Å². The summed E-state index contributed by atoms with van der Waals surface area (Å²) in [4.78, 5) is 20.1. The molecule has 21 heavy (non-hydrogen) atoms. The van der Waals surface area contributed by atoms with E-state index in [1.54, 1.807) is 29.3 Å². The summed E-state index contributed by atoms with van der Waals surface area (Å²) in [6, 6.07) is 10.8. The van der Waals surface area contributed by atoms with E-state index < -0.39 is 0 Å². The summed E-state index contributed by atoms with van der Waals surface area (Å²) in [6.45, 7) is 1.95. The Kier molecular flexibility index (Phi) is 3.42. The number of hydrogen-bond acceptors (Lipinski definition) is 4. The Balaban J connectivity index is 1.76. The summed E-state index contributed by atoms with van der Waals surface area (Å²) >= 11 is 0. The molecule has 0 unspecified atom stereocenters. The third kappa shape index (κ3) is 2.94. The monoisotopic (exact) mass is 279 g/mol. The van der Waals surface area contributed by atoms with E-state index in [-0.39, 0.29) is 5.91 Å². The van der Waals surface area contributed by atoms with Gasteiger partial charge in [0.1, 0.15) is 18.5 Å². The molecule has 1 aromatic carbocycles. The van der Waals surface area contributed by atoms with Gasteiger partial charge in [-0.15, -0.1) is 0 Å². The number of aryl methyl sites for hydroxylation is 1. The molecule has 0 radical (unpaired) electrons. The molecule has 0 aliphatic rings. The molecule has 1 amide bonds. The lowest BCUT2D eigenvalue weighted by atomic mass is 10.2. The summed E-state index contributed by atoms with van der Waals surface area (Å²) in [7, 11) is 0. The van der Waals surface area contributed by atoms with Gasteiger partial charge < -0.3 is 5.32 Å². The molecule has 0 saturated carbocycles. The summed E-state index contributed by atoms with van der Waals surface area (Å²) in [5.74, 6) is 0.346. The zero-order valence-corrected chi connectivity index (χ0v) is 11.4. The molecule has 0 bridgehead atoms. The first-order chi connectivity index (χ1) is 10.2. The van der Waals surface area contributed by atoms with Crippen molar-refractivity contribution in [1.82, 2.24) is 19.7 Å². The molecule has 6 nitrogen and oxygen atoms in total. The highest BCUT2D eigenvalue weighted by atomic mass is 16.1. The van der Waals surface area contributed by atoms with Crippen LogP contribution in [0.5, 0.6) is 0 Å². The van der Waals surface area contributed by atoms with Gasteiger partial charge in [-0.05, 0) is 48.9 Å². The van der Waals surface area contributed by atoms with E-state index in [4.69, 9.17) is 0 Å². The molecule has 0 aliphatic heterocycles. The smallest absolute Gasteiger partial charge is 0.256 e. The fourth-order valence-corrected chi connectivity index (χ4v) is 1.90. The summed E-state index contributed by atoms with van der Waals surface area (Å²) in [6.07, 6.45) is 4.73. The minimum absolute atomic E-state index is 0.196. The van der Waals surface area contributed by atoms with Crippen molar-refractivity contribution < 1.29 is 4.79 Å². The molecule has 104 valence electrons. The van der Waals surface area contributed by atoms with E-state index in [1.165, 1.54) is 6.33 Å². The van der Waals surface area contributed by atoms with Crippen molar-refractivity contribution in [3.63, 3.8) is 0 Å². The van der Waals surface area contributed by atoms with Crippen molar-refractivity contribution in [2.45, 2.75) is 6.92 Å². The molecule has 0 spiro atoms. The fraction of sp³-hybridized carbons (Fsp3) is 0.0667. The van der Waals surface area contributed by atoms with Gasteiger partial charge in [0.2, 0.25) is 0 Å². The van der Waals surface area contributed by atoms with E-state index in [9.17, 15) is 4.79 Å². The van der Waals surface area contributed by atoms with Crippen molar-refractivity contribution in [2.24, 2.45) is 0 Å². The van der Waals surface area contributed by atoms with Crippen LogP contribution in [0.15, 0.2) is 55.2 Å². The van der Waals surface area contributed by atoms with Crippen LogP contribution in [-0.2, 0) is 0 Å². The maximum Gasteiger partial charge on any atom is 0.256 e. The van der Waals surface area contributed by atoms with Gasteiger partial charge in [0.15, 0.2) is 0 Å². The van der Waals surface area contributed by atoms with Crippen LogP contribution in [0.2, 0.25) is 0 Å². The Morgan fingerprint density at radius 3 is 2.67 bits per heavy atom. The standard InChI is InChI=1S/C15H13N5O/c1-11-6-7-17-14(8-11)19-15(21)12-2-4-13(5-3-12)20-10-16-9-18-20/h2-10H,1H3,(H,17,19,21). The number of benzene rings is 1. The van der Waals surface area contributed by atoms with Crippen molar-refractivity contribution in [2.75, 3.05) is 5.32 Å². The molecule has 6 heteroatoms. The second kappa shape index (κ2) is 5.54. The first-order valence-corrected chi connectivity index (χ1v) is 6.41. The van der Waals surface area contributed by atoms with Gasteiger partial charge in [0.05, 0.1) is 5.69 Å². The largest absolute Gasteiger partial charge is 0.307 e. The average Bonchev–Trinajstić information content (AvgIpc) is 3.01. The van der Waals surface area contributed by atoms with E-state index in [0.29, 0.717) is 11.4 Å². The third-order valence-electron chi connectivity index (χ3n) is 2.97. The first-order valence-electron chi connectivity index (χ1n) is 6.41. The fourth-order valence-electron chi connectivity index (χ4n) is 1.90. The lowest BCUT2D eigenvalue weighted by molar-refractivity contribution is 0.102. The maximum absolute atomic E-state index is 12.1. The van der Waals surface area contributed by atoms with E-state index in [0.717, 1.165) is 11.3 Å². The molecule has 0 aliphatic carbocycles. The topological polar surface area (TPSA) is 72.7 Å². The highest BCUT2D eigenvalue weighted by Gasteiger charge is 2.07. The van der Waals surface area contributed by atoms with Crippen molar-refractivity contribution in [3.8, 4) is 5.69 Å². The molecule has 0 saturated heterocycles. The highest BCUT2D eigenvalue weighted by Crippen LogP contribution is 2.11. The highest BCUT2D eigenvalue weighted by molar-refractivity contribution is 6.03. The average molecular weight is 279 g/mol. The first kappa shape index (κ1) is 13.0. The van der Waals surface area contributed by atoms with E-state index in [1.807, 2.05) is 31.2 Å². The van der Waals surface area contributed by atoms with Crippen LogP contribution in [0, 0.1) is 6.92 Å². The van der Waals surface area contributed by atoms with Crippen LogP contribution >= 0.6 is 0 Å². The van der Waals surface area contributed by atoms with E-state index in [2.05, 4.69) is 20.4 Å². The predicted molar refractivity (Wildman–Crippen MR) is 78.3 cm³/mol. The maximum atomic E-state index is 12.1. The van der Waals surface area contributed by atoms with Gasteiger partial charge in [-0.25, -0.2) is 14.6 Å². The Hall–Kier alpha value is -3.02. The number of rotatable bonds is 3. The van der Waals surface area contributed by atoms with Crippen LogP contribution < -0.4 is 5.32 Å². The number of anilines is 1. The lowest BCUT2D eigenvalue weighted by Gasteiger charge is -2.06. The molecule has 1 N–H and O–H groups in total. The lowest BCUT2D eigenvalue weighted by Crippen LogP contribution is -2.13. The second-order valence-corrected chi connectivity index (χ2v) is 4.56. The summed E-state index contributed by atoms with van der Waals surface area (Å²) < 4.78 is 1.63. The number of aromatic nitrogens is 4. The van der Waals surface area contributed by atoms with Crippen molar-refractivity contribution in [1.29, 1.82) is 0 Å². The Morgan fingerprint density at radius 2 is 2.00 bits per heavy atom. The van der Waals surface area contributed by atoms with Crippen molar-refractivity contribution in [3.05, 3.63) is 66.4 Å². The van der Waals surface area contributed by atoms with Crippen LogP contribution in [-0.4, -0.2) is 25.7 Å². The number of carbonyl (C=O) groups is 1. The van der Waals surface area contributed by atoms with Crippen LogP contribution in [0.1, 0.15) is 15.9 Å². The number of amides is 1. The van der Waals surface area contributed by atoms with Gasteiger partial charge in [-0.1, -0.05) is 0 Å². The third-order valence-corrected chi connectivity index (χ3v) is 2.97. The van der Waals surface area contributed by atoms with E-state index >= 15 is 0 Å². The number of pyridine rings is 1. The quantitative estimate of drug-likeness (QED) is 0.798. The molecule has 0 atom stereocenters. The van der Waals surface area contributed by atoms with Gasteiger partial charge >= 0.3 is 0 Å². The molecule has 3 rings (SSSR count). The zero-order chi connectivity index (χ0) is 14.7. The molecule has 2 aromatic heterocycles. The normalized spacial score (nSPS) is 10.3. The predicted octanol–water partition coefficient (Wildman–Crippen LogP) is 2.22. The SMILES string of the molecule is Cc1ccnc(NC(=O)c2ccc(-n3cncn3)cc2)c1. The summed E-state index contributed by atoms with van der Waals surface area (Å²) in [5.41, 5.74) is 2.45. The molecule has 2 heterocycles. The number of nitrogens with zero attached hydrogens (tertiary/aromatic N) is 4. The Morgan fingerprint density at radius 1 is 1.19 bits per heavy atom. The number of nitrogens with one attached hydrogen (secondary N) is 1. The second-order valence-electron chi connectivity index (χ2n) is 4.56. The molecular weight excluding hydrogens is 266 g/mol. The van der Waals surface area contributed by atoms with Gasteiger partial charge in [-0.3, -0.25) is 4.79 Å². The van der Waals surface area contributed by atoms with Gasteiger partial charge in [0, 0.05) is 11.8 Å². The van der Waals surface area contributed by atoms with Crippen LogP contribution in [0.4, 0.5) is 5.82 Å². The molecular formula is C15H13N5O. The molecule has 3 aromatic rings. The van der Waals surface area contributed by atoms with Crippen molar-refractivity contribution >= 4 is 11.7 Å².